The molecule has 0 N–H and O–H groups in total. The van der Waals surface area contributed by atoms with Crippen LogP contribution in [0, 0.1) is 11.8 Å². The van der Waals surface area contributed by atoms with E-state index in [-0.39, 0.29) is 0 Å². The molecule has 0 aromatic heterocycles. The monoisotopic (exact) mass is 319 g/mol. The fourth-order valence-corrected chi connectivity index (χ4v) is 4.60. The van der Waals surface area contributed by atoms with E-state index < -0.39 is 0 Å². The highest BCUT2D eigenvalue weighted by atomic mass is 14.8. The van der Waals surface area contributed by atoms with E-state index in [2.05, 4.69) is 13.1 Å². The summed E-state index contributed by atoms with van der Waals surface area (Å²) in [5.41, 5.74) is 0. The molecule has 1 heterocycles. The van der Waals surface area contributed by atoms with Gasteiger partial charge < -0.3 is 0 Å². The summed E-state index contributed by atoms with van der Waals surface area (Å²) in [4.78, 5) is 5.22. The maximum absolute atomic E-state index is 5.22. The number of hydrogen-bond donors (Lipinski definition) is 0. The van der Waals surface area contributed by atoms with Crippen LogP contribution in [0.4, 0.5) is 0 Å². The maximum Gasteiger partial charge on any atom is 0.0524 e. The highest BCUT2D eigenvalue weighted by Gasteiger charge is 2.22. The van der Waals surface area contributed by atoms with Gasteiger partial charge in [0.1, 0.15) is 0 Å². The summed E-state index contributed by atoms with van der Waals surface area (Å²) in [6.07, 6.45) is 26.6. The molecular weight excluding hydrogens is 278 g/mol. The van der Waals surface area contributed by atoms with Crippen molar-refractivity contribution in [2.75, 3.05) is 0 Å². The number of nitrogens with zero attached hydrogens (tertiary/aromatic N) is 1. The normalized spacial score (nSPS) is 28.9. The van der Waals surface area contributed by atoms with Gasteiger partial charge in [-0.25, -0.2) is 0 Å². The Morgan fingerprint density at radius 1 is 0.739 bits per heavy atom. The molecule has 0 aromatic rings. The first kappa shape index (κ1) is 19.0. The summed E-state index contributed by atoms with van der Waals surface area (Å²) in [5.74, 6) is 1.67. The SMILES string of the molecule is CCCCCC1C=NC(C2CCCCC2)CCCCCCCC1. The lowest BCUT2D eigenvalue weighted by Crippen LogP contribution is -2.22. The molecule has 0 saturated heterocycles. The molecule has 23 heavy (non-hydrogen) atoms. The second kappa shape index (κ2) is 12.1. The molecule has 1 nitrogen and oxygen atoms in total. The number of hydrogen-bond acceptors (Lipinski definition) is 1. The molecule has 0 aromatic carbocycles. The van der Waals surface area contributed by atoms with Crippen molar-refractivity contribution < 1.29 is 0 Å². The summed E-state index contributed by atoms with van der Waals surface area (Å²) < 4.78 is 0. The zero-order valence-corrected chi connectivity index (χ0v) is 15.8. The average Bonchev–Trinajstić information content (AvgIpc) is 2.58. The van der Waals surface area contributed by atoms with E-state index in [4.69, 9.17) is 4.99 Å². The fourth-order valence-electron chi connectivity index (χ4n) is 4.60. The van der Waals surface area contributed by atoms with Crippen molar-refractivity contribution in [2.24, 2.45) is 16.8 Å². The summed E-state index contributed by atoms with van der Waals surface area (Å²) in [5, 5.41) is 0. The third-order valence-corrected chi connectivity index (χ3v) is 6.19. The molecule has 0 bridgehead atoms. The van der Waals surface area contributed by atoms with E-state index in [1.165, 1.54) is 109 Å². The lowest BCUT2D eigenvalue weighted by molar-refractivity contribution is 0.290. The number of rotatable bonds is 5. The summed E-state index contributed by atoms with van der Waals surface area (Å²) in [7, 11) is 0. The molecule has 1 aliphatic heterocycles. The van der Waals surface area contributed by atoms with Crippen LogP contribution >= 0.6 is 0 Å². The lowest BCUT2D eigenvalue weighted by atomic mass is 9.82. The van der Waals surface area contributed by atoms with Gasteiger partial charge in [0.2, 0.25) is 0 Å². The first-order valence-corrected chi connectivity index (χ1v) is 10.9. The third kappa shape index (κ3) is 7.86. The lowest BCUT2D eigenvalue weighted by Gasteiger charge is -2.28. The predicted octanol–water partition coefficient (Wildman–Crippen LogP) is 7.34. The van der Waals surface area contributed by atoms with Crippen LogP contribution in [-0.4, -0.2) is 12.3 Å². The minimum absolute atomic E-state index is 0.656. The molecule has 1 aliphatic carbocycles. The van der Waals surface area contributed by atoms with Gasteiger partial charge in [0, 0.05) is 6.21 Å². The molecule has 1 saturated carbocycles. The molecule has 2 unspecified atom stereocenters. The quantitative estimate of drug-likeness (QED) is 0.470. The van der Waals surface area contributed by atoms with Gasteiger partial charge in [0.25, 0.3) is 0 Å². The molecular formula is C22H41N. The van der Waals surface area contributed by atoms with Gasteiger partial charge in [-0.05, 0) is 43.9 Å². The van der Waals surface area contributed by atoms with Crippen LogP contribution in [0.3, 0.4) is 0 Å². The molecule has 2 rings (SSSR count). The third-order valence-electron chi connectivity index (χ3n) is 6.19. The second-order valence-corrected chi connectivity index (χ2v) is 8.22. The Morgan fingerprint density at radius 2 is 1.35 bits per heavy atom. The smallest absolute Gasteiger partial charge is 0.0524 e. The van der Waals surface area contributed by atoms with Crippen molar-refractivity contribution in [3.63, 3.8) is 0 Å². The van der Waals surface area contributed by atoms with Crippen molar-refractivity contribution in [1.82, 2.24) is 0 Å². The van der Waals surface area contributed by atoms with Crippen LogP contribution in [0.5, 0.6) is 0 Å². The Morgan fingerprint density at radius 3 is 2.09 bits per heavy atom. The standard InChI is InChI=1S/C22H41N/c1-2-3-9-14-20-15-10-6-4-5-7-13-18-22(23-19-20)21-16-11-8-12-17-21/h19-22H,2-18H2,1H3. The van der Waals surface area contributed by atoms with Gasteiger partial charge >= 0.3 is 0 Å². The van der Waals surface area contributed by atoms with Crippen LogP contribution in [0.1, 0.15) is 116 Å². The van der Waals surface area contributed by atoms with Crippen molar-refractivity contribution >= 4 is 6.21 Å². The van der Waals surface area contributed by atoms with Crippen molar-refractivity contribution in [1.29, 1.82) is 0 Å². The largest absolute Gasteiger partial charge is 0.294 e. The van der Waals surface area contributed by atoms with Crippen LogP contribution in [0.2, 0.25) is 0 Å². The van der Waals surface area contributed by atoms with E-state index in [1.54, 1.807) is 0 Å². The zero-order valence-electron chi connectivity index (χ0n) is 15.8. The van der Waals surface area contributed by atoms with Crippen LogP contribution in [0.25, 0.3) is 0 Å². The molecule has 1 fully saturated rings. The fraction of sp³-hybridized carbons (Fsp3) is 0.955. The highest BCUT2D eigenvalue weighted by Crippen LogP contribution is 2.31. The summed E-state index contributed by atoms with van der Waals surface area (Å²) in [6.45, 7) is 2.31. The Kier molecular flexibility index (Phi) is 9.99. The second-order valence-electron chi connectivity index (χ2n) is 8.22. The molecule has 0 amide bonds. The summed E-state index contributed by atoms with van der Waals surface area (Å²) in [6, 6.07) is 0.656. The predicted molar refractivity (Wildman–Crippen MR) is 103 cm³/mol. The molecule has 2 atom stereocenters. The van der Waals surface area contributed by atoms with Gasteiger partial charge in [-0.3, -0.25) is 4.99 Å². The molecule has 2 aliphatic rings. The van der Waals surface area contributed by atoms with Crippen molar-refractivity contribution in [3.05, 3.63) is 0 Å². The van der Waals surface area contributed by atoms with E-state index in [9.17, 15) is 0 Å². The molecule has 0 spiro atoms. The van der Waals surface area contributed by atoms with Gasteiger partial charge in [0.05, 0.1) is 6.04 Å². The minimum Gasteiger partial charge on any atom is -0.294 e. The average molecular weight is 320 g/mol. The van der Waals surface area contributed by atoms with Crippen LogP contribution in [0.15, 0.2) is 4.99 Å². The number of aliphatic imine (C=N–C) groups is 1. The first-order chi connectivity index (χ1) is 11.4. The Bertz CT molecular complexity index is 303. The molecule has 1 heteroatoms. The van der Waals surface area contributed by atoms with Crippen molar-refractivity contribution in [3.8, 4) is 0 Å². The van der Waals surface area contributed by atoms with Gasteiger partial charge in [-0.15, -0.1) is 0 Å². The molecule has 0 radical (unpaired) electrons. The minimum atomic E-state index is 0.656. The van der Waals surface area contributed by atoms with Crippen LogP contribution < -0.4 is 0 Å². The van der Waals surface area contributed by atoms with Gasteiger partial charge in [0.15, 0.2) is 0 Å². The van der Waals surface area contributed by atoms with E-state index in [0.717, 1.165) is 11.8 Å². The van der Waals surface area contributed by atoms with E-state index in [1.807, 2.05) is 0 Å². The van der Waals surface area contributed by atoms with Gasteiger partial charge in [-0.2, -0.15) is 0 Å². The Balaban J connectivity index is 1.93. The van der Waals surface area contributed by atoms with Crippen molar-refractivity contribution in [2.45, 2.75) is 122 Å². The topological polar surface area (TPSA) is 12.4 Å². The van der Waals surface area contributed by atoms with E-state index >= 15 is 0 Å². The van der Waals surface area contributed by atoms with Gasteiger partial charge in [-0.1, -0.05) is 84.0 Å². The van der Waals surface area contributed by atoms with E-state index in [0.29, 0.717) is 6.04 Å². The van der Waals surface area contributed by atoms with Crippen LogP contribution in [-0.2, 0) is 0 Å². The highest BCUT2D eigenvalue weighted by molar-refractivity contribution is 5.60. The zero-order chi connectivity index (χ0) is 16.2. The first-order valence-electron chi connectivity index (χ1n) is 10.9. The Hall–Kier alpha value is -0.330. The maximum atomic E-state index is 5.22. The molecule has 134 valence electrons. The summed E-state index contributed by atoms with van der Waals surface area (Å²) >= 11 is 0. The Labute approximate surface area is 145 Å². The number of unbranched alkanes of at least 4 members (excludes halogenated alkanes) is 2.